The molecule has 148 valence electrons. The molecule has 0 spiro atoms. The Kier molecular flexibility index (Phi) is 6.61. The lowest BCUT2D eigenvalue weighted by Gasteiger charge is -2.36. The number of anilines is 2. The predicted octanol–water partition coefficient (Wildman–Crippen LogP) is 4.61. The number of nitrogens with one attached hydrogen (secondary N) is 1. The second-order valence-corrected chi connectivity index (χ2v) is 9.00. The smallest absolute Gasteiger partial charge is 0.276 e. The van der Waals surface area contributed by atoms with Gasteiger partial charge in [0.2, 0.25) is 0 Å². The largest absolute Gasteiger partial charge is 0.368 e. The molecule has 1 fully saturated rings. The lowest BCUT2D eigenvalue weighted by molar-refractivity contribution is -0.115. The number of hydrogen-bond donors (Lipinski definition) is 1. The van der Waals surface area contributed by atoms with Crippen molar-refractivity contribution in [1.29, 1.82) is 0 Å². The number of benzene rings is 2. The Balaban J connectivity index is 1.56. The zero-order valence-corrected chi connectivity index (χ0v) is 17.7. The molecule has 0 atom stereocenters. The van der Waals surface area contributed by atoms with Gasteiger partial charge >= 0.3 is 0 Å². The van der Waals surface area contributed by atoms with Gasteiger partial charge < -0.3 is 15.1 Å². The number of carbonyl (C=O) groups is 2. The van der Waals surface area contributed by atoms with Crippen LogP contribution < -0.4 is 10.2 Å². The van der Waals surface area contributed by atoms with Crippen molar-refractivity contribution in [2.45, 2.75) is 3.79 Å². The Morgan fingerprint density at radius 2 is 1.43 bits per heavy atom. The van der Waals surface area contributed by atoms with Gasteiger partial charge in [-0.15, -0.1) is 0 Å². The molecule has 1 heterocycles. The standard InChI is InChI=1S/C19H17Cl4N3O2/c20-14-3-1-13(2-4-14)17(27)26-11-9-25(10-12-26)16-7-5-15(6-8-16)24-18(28)19(21,22)23/h1-8H,9-12H2,(H,24,28). The SMILES string of the molecule is O=C(c1ccc(Cl)cc1)N1CCN(c2ccc(NC(=O)C(Cl)(Cl)Cl)cc2)CC1. The van der Waals surface area contributed by atoms with E-state index in [-0.39, 0.29) is 5.91 Å². The summed E-state index contributed by atoms with van der Waals surface area (Å²) in [7, 11) is 0. The molecular formula is C19H17Cl4N3O2. The van der Waals surface area contributed by atoms with Gasteiger partial charge in [0.15, 0.2) is 0 Å². The number of alkyl halides is 3. The summed E-state index contributed by atoms with van der Waals surface area (Å²) < 4.78 is -2.01. The van der Waals surface area contributed by atoms with Crippen LogP contribution in [0.15, 0.2) is 48.5 Å². The van der Waals surface area contributed by atoms with Crippen LogP contribution in [-0.4, -0.2) is 46.7 Å². The molecule has 0 aromatic heterocycles. The maximum absolute atomic E-state index is 12.6. The van der Waals surface area contributed by atoms with Crippen molar-refractivity contribution in [2.24, 2.45) is 0 Å². The summed E-state index contributed by atoms with van der Waals surface area (Å²) in [5.41, 5.74) is 2.16. The van der Waals surface area contributed by atoms with E-state index in [1.807, 2.05) is 17.0 Å². The minimum absolute atomic E-state index is 0.00100. The second kappa shape index (κ2) is 8.78. The molecule has 0 saturated carbocycles. The van der Waals surface area contributed by atoms with E-state index in [4.69, 9.17) is 46.4 Å². The normalized spacial score (nSPS) is 14.7. The van der Waals surface area contributed by atoms with Crippen molar-refractivity contribution in [3.63, 3.8) is 0 Å². The third kappa shape index (κ3) is 5.23. The number of hydrogen-bond acceptors (Lipinski definition) is 3. The molecule has 2 aromatic carbocycles. The summed E-state index contributed by atoms with van der Waals surface area (Å²) in [4.78, 5) is 28.3. The third-order valence-corrected chi connectivity index (χ3v) is 5.17. The molecule has 2 amide bonds. The van der Waals surface area contributed by atoms with Crippen molar-refractivity contribution in [1.82, 2.24) is 4.90 Å². The highest BCUT2D eigenvalue weighted by atomic mass is 35.6. The molecule has 1 aliphatic heterocycles. The van der Waals surface area contributed by atoms with Gasteiger partial charge in [0.1, 0.15) is 0 Å². The Hall–Kier alpha value is -1.66. The summed E-state index contributed by atoms with van der Waals surface area (Å²) in [6.07, 6.45) is 0. The summed E-state index contributed by atoms with van der Waals surface area (Å²) in [5.74, 6) is -0.708. The number of amides is 2. The van der Waals surface area contributed by atoms with E-state index in [0.717, 1.165) is 5.69 Å². The maximum atomic E-state index is 12.6. The molecule has 0 unspecified atom stereocenters. The molecule has 2 aromatic rings. The van der Waals surface area contributed by atoms with E-state index in [0.29, 0.717) is 42.5 Å². The van der Waals surface area contributed by atoms with Crippen molar-refractivity contribution >= 4 is 69.6 Å². The van der Waals surface area contributed by atoms with Crippen LogP contribution in [0.25, 0.3) is 0 Å². The van der Waals surface area contributed by atoms with Crippen LogP contribution in [0, 0.1) is 0 Å². The first kappa shape index (κ1) is 21.1. The van der Waals surface area contributed by atoms with Gasteiger partial charge in [-0.25, -0.2) is 0 Å². The first-order chi connectivity index (χ1) is 13.2. The average molecular weight is 461 g/mol. The molecule has 1 saturated heterocycles. The highest BCUT2D eigenvalue weighted by Gasteiger charge is 2.30. The van der Waals surface area contributed by atoms with Gasteiger partial charge in [-0.3, -0.25) is 9.59 Å². The van der Waals surface area contributed by atoms with E-state index in [9.17, 15) is 9.59 Å². The van der Waals surface area contributed by atoms with Gasteiger partial charge in [-0.1, -0.05) is 46.4 Å². The fourth-order valence-electron chi connectivity index (χ4n) is 2.90. The number of halogens is 4. The molecule has 0 aliphatic carbocycles. The molecule has 3 rings (SSSR count). The van der Waals surface area contributed by atoms with Crippen molar-refractivity contribution < 1.29 is 9.59 Å². The first-order valence-electron chi connectivity index (χ1n) is 8.52. The Bertz CT molecular complexity index is 843. The fourth-order valence-corrected chi connectivity index (χ4v) is 3.17. The number of carbonyl (C=O) groups excluding carboxylic acids is 2. The molecule has 28 heavy (non-hydrogen) atoms. The van der Waals surface area contributed by atoms with Crippen LogP contribution in [0.1, 0.15) is 10.4 Å². The molecule has 1 N–H and O–H groups in total. The minimum Gasteiger partial charge on any atom is -0.368 e. The number of rotatable bonds is 3. The van der Waals surface area contributed by atoms with Gasteiger partial charge in [0.05, 0.1) is 0 Å². The molecule has 1 aliphatic rings. The Morgan fingerprint density at radius 3 is 1.96 bits per heavy atom. The summed E-state index contributed by atoms with van der Waals surface area (Å²) in [5, 5.41) is 3.15. The number of nitrogens with zero attached hydrogens (tertiary/aromatic N) is 2. The summed E-state index contributed by atoms with van der Waals surface area (Å²) in [6, 6.07) is 14.2. The van der Waals surface area contributed by atoms with Crippen molar-refractivity contribution in [2.75, 3.05) is 36.4 Å². The zero-order valence-electron chi connectivity index (χ0n) is 14.7. The third-order valence-electron chi connectivity index (χ3n) is 4.41. The van der Waals surface area contributed by atoms with Crippen LogP contribution in [0.3, 0.4) is 0 Å². The van der Waals surface area contributed by atoms with E-state index < -0.39 is 9.70 Å². The highest BCUT2D eigenvalue weighted by Crippen LogP contribution is 2.28. The molecule has 5 nitrogen and oxygen atoms in total. The van der Waals surface area contributed by atoms with Crippen molar-refractivity contribution in [3.05, 3.63) is 59.1 Å². The van der Waals surface area contributed by atoms with Crippen LogP contribution in [-0.2, 0) is 4.79 Å². The topological polar surface area (TPSA) is 52.7 Å². The summed E-state index contributed by atoms with van der Waals surface area (Å²) >= 11 is 22.5. The number of piperazine rings is 1. The monoisotopic (exact) mass is 459 g/mol. The van der Waals surface area contributed by atoms with Gasteiger partial charge in [0, 0.05) is 48.1 Å². The Morgan fingerprint density at radius 1 is 0.857 bits per heavy atom. The maximum Gasteiger partial charge on any atom is 0.276 e. The van der Waals surface area contributed by atoms with Gasteiger partial charge in [-0.2, -0.15) is 0 Å². The molecule has 0 bridgehead atoms. The van der Waals surface area contributed by atoms with Crippen LogP contribution in [0.2, 0.25) is 5.02 Å². The van der Waals surface area contributed by atoms with Gasteiger partial charge in [0.25, 0.3) is 15.6 Å². The van der Waals surface area contributed by atoms with Crippen molar-refractivity contribution in [3.8, 4) is 0 Å². The Labute approximate surface area is 183 Å². The van der Waals surface area contributed by atoms with Crippen LogP contribution in [0.4, 0.5) is 11.4 Å². The van der Waals surface area contributed by atoms with E-state index in [1.54, 1.807) is 36.4 Å². The summed E-state index contributed by atoms with van der Waals surface area (Å²) in [6.45, 7) is 2.65. The predicted molar refractivity (Wildman–Crippen MR) is 115 cm³/mol. The van der Waals surface area contributed by atoms with Crippen LogP contribution >= 0.6 is 46.4 Å². The average Bonchev–Trinajstić information content (AvgIpc) is 2.68. The lowest BCUT2D eigenvalue weighted by atomic mass is 10.1. The molecule has 0 radical (unpaired) electrons. The molecular weight excluding hydrogens is 444 g/mol. The van der Waals surface area contributed by atoms with E-state index in [1.165, 1.54) is 0 Å². The van der Waals surface area contributed by atoms with Crippen LogP contribution in [0.5, 0.6) is 0 Å². The van der Waals surface area contributed by atoms with Gasteiger partial charge in [-0.05, 0) is 48.5 Å². The van der Waals surface area contributed by atoms with E-state index >= 15 is 0 Å². The lowest BCUT2D eigenvalue weighted by Crippen LogP contribution is -2.48. The highest BCUT2D eigenvalue weighted by molar-refractivity contribution is 6.76. The quantitative estimate of drug-likeness (QED) is 0.680. The minimum atomic E-state index is -2.01. The fraction of sp³-hybridized carbons (Fsp3) is 0.263. The second-order valence-electron chi connectivity index (χ2n) is 6.28. The zero-order chi connectivity index (χ0) is 20.3. The molecule has 9 heteroatoms. The first-order valence-corrected chi connectivity index (χ1v) is 10.0. The van der Waals surface area contributed by atoms with E-state index in [2.05, 4.69) is 10.2 Å².